The van der Waals surface area contributed by atoms with Crippen molar-refractivity contribution in [2.24, 2.45) is 0 Å². The molecule has 2 aromatic heterocycles. The quantitative estimate of drug-likeness (QED) is 0.317. The number of hydrogen-bond acceptors (Lipinski definition) is 3. The summed E-state index contributed by atoms with van der Waals surface area (Å²) in [6.45, 7) is 7.58. The van der Waals surface area contributed by atoms with Crippen molar-refractivity contribution >= 4 is 35.0 Å². The van der Waals surface area contributed by atoms with Crippen molar-refractivity contribution in [3.8, 4) is 11.5 Å². The van der Waals surface area contributed by atoms with Gasteiger partial charge in [0.2, 0.25) is 0 Å². The number of imidazole rings is 1. The molecule has 0 spiro atoms. The van der Waals surface area contributed by atoms with Crippen LogP contribution in [0.15, 0.2) is 41.0 Å². The van der Waals surface area contributed by atoms with E-state index < -0.39 is 19.8 Å². The maximum atomic E-state index is 13.1. The van der Waals surface area contributed by atoms with E-state index in [9.17, 15) is 13.2 Å². The smallest absolute Gasteiger partial charge is 0.361 e. The second kappa shape index (κ2) is 7.96. The van der Waals surface area contributed by atoms with Crippen molar-refractivity contribution in [1.82, 2.24) is 14.5 Å². The lowest BCUT2D eigenvalue weighted by molar-refractivity contribution is -0.137. The van der Waals surface area contributed by atoms with Crippen LogP contribution in [0.1, 0.15) is 5.56 Å². The standard InChI is InChI=1S/C19H21BrF3N3OSi/c1-28(2,3)9-8-27-12-26-17-11-14(20)4-5-15(17)25-18(26)16-10-13(6-7-24-16)19(21,22)23/h4-7,10-11H,8-9,12H2,1-3H3. The van der Waals surface area contributed by atoms with Crippen LogP contribution in [-0.2, 0) is 17.6 Å². The fraction of sp³-hybridized carbons (Fsp3) is 0.368. The first-order valence-corrected chi connectivity index (χ1v) is 13.3. The van der Waals surface area contributed by atoms with E-state index >= 15 is 0 Å². The number of rotatable bonds is 6. The van der Waals surface area contributed by atoms with E-state index in [1.54, 1.807) is 4.57 Å². The van der Waals surface area contributed by atoms with E-state index in [2.05, 4.69) is 45.5 Å². The van der Waals surface area contributed by atoms with Gasteiger partial charge in [-0.3, -0.25) is 9.55 Å². The number of benzene rings is 1. The van der Waals surface area contributed by atoms with Crippen LogP contribution < -0.4 is 0 Å². The molecule has 1 aromatic carbocycles. The predicted molar refractivity (Wildman–Crippen MR) is 110 cm³/mol. The fourth-order valence-electron chi connectivity index (χ4n) is 2.69. The topological polar surface area (TPSA) is 39.9 Å². The molecular weight excluding hydrogens is 451 g/mol. The molecule has 0 bridgehead atoms. The van der Waals surface area contributed by atoms with Gasteiger partial charge in [-0.25, -0.2) is 4.98 Å². The van der Waals surface area contributed by atoms with E-state index in [0.717, 1.165) is 34.4 Å². The summed E-state index contributed by atoms with van der Waals surface area (Å²) in [6.07, 6.45) is -3.28. The minimum Gasteiger partial charge on any atom is -0.361 e. The molecule has 0 N–H and O–H groups in total. The van der Waals surface area contributed by atoms with E-state index in [1.807, 2.05) is 18.2 Å². The summed E-state index contributed by atoms with van der Waals surface area (Å²) in [6, 6.07) is 8.51. The monoisotopic (exact) mass is 471 g/mol. The van der Waals surface area contributed by atoms with Crippen LogP contribution >= 0.6 is 15.9 Å². The van der Waals surface area contributed by atoms with E-state index in [0.29, 0.717) is 17.9 Å². The Labute approximate surface area is 170 Å². The summed E-state index contributed by atoms with van der Waals surface area (Å²) in [5.74, 6) is 0.354. The third-order valence-corrected chi connectivity index (χ3v) is 6.44. The molecule has 4 nitrogen and oxygen atoms in total. The average Bonchev–Trinajstić information content (AvgIpc) is 2.95. The van der Waals surface area contributed by atoms with Gasteiger partial charge < -0.3 is 4.74 Å². The van der Waals surface area contributed by atoms with Crippen LogP contribution in [0.3, 0.4) is 0 Å². The van der Waals surface area contributed by atoms with Crippen LogP contribution in [0.5, 0.6) is 0 Å². The summed E-state index contributed by atoms with van der Waals surface area (Å²) in [5.41, 5.74) is 0.857. The maximum Gasteiger partial charge on any atom is 0.416 e. The second-order valence-corrected chi connectivity index (χ2v) is 14.3. The Morgan fingerprint density at radius 2 is 1.89 bits per heavy atom. The van der Waals surface area contributed by atoms with Gasteiger partial charge in [-0.05, 0) is 36.4 Å². The number of pyridine rings is 1. The zero-order valence-electron chi connectivity index (χ0n) is 15.8. The van der Waals surface area contributed by atoms with Gasteiger partial charge >= 0.3 is 6.18 Å². The third-order valence-electron chi connectivity index (χ3n) is 4.24. The summed E-state index contributed by atoms with van der Waals surface area (Å²) in [7, 11) is -1.24. The normalized spacial score (nSPS) is 12.7. The number of fused-ring (bicyclic) bond motifs is 1. The van der Waals surface area contributed by atoms with Crippen LogP contribution in [0.2, 0.25) is 25.7 Å². The predicted octanol–water partition coefficient (Wildman–Crippen LogP) is 6.19. The largest absolute Gasteiger partial charge is 0.416 e. The molecule has 2 heterocycles. The van der Waals surface area contributed by atoms with Crippen molar-refractivity contribution in [2.45, 2.75) is 38.6 Å². The first kappa shape index (κ1) is 21.0. The summed E-state index contributed by atoms with van der Waals surface area (Å²) in [4.78, 5) is 8.64. The number of hydrogen-bond donors (Lipinski definition) is 0. The molecule has 0 atom stereocenters. The van der Waals surface area contributed by atoms with Gasteiger partial charge in [0.05, 0.1) is 16.6 Å². The Kier molecular flexibility index (Phi) is 5.97. The Morgan fingerprint density at radius 1 is 1.14 bits per heavy atom. The number of halogens is 4. The molecule has 0 saturated carbocycles. The Bertz CT molecular complexity index is 983. The highest BCUT2D eigenvalue weighted by molar-refractivity contribution is 9.10. The third kappa shape index (κ3) is 5.01. The van der Waals surface area contributed by atoms with Gasteiger partial charge in [-0.1, -0.05) is 35.6 Å². The van der Waals surface area contributed by atoms with Crippen molar-refractivity contribution in [3.05, 3.63) is 46.6 Å². The SMILES string of the molecule is C[Si](C)(C)CCOCn1c(-c2cc(C(F)(F)F)ccn2)nc2ccc(Br)cc21. The minimum absolute atomic E-state index is 0.163. The van der Waals surface area contributed by atoms with Crippen LogP contribution in [0, 0.1) is 0 Å². The molecule has 3 aromatic rings. The van der Waals surface area contributed by atoms with Crippen molar-refractivity contribution in [2.75, 3.05) is 6.61 Å². The van der Waals surface area contributed by atoms with Gasteiger partial charge in [0.1, 0.15) is 12.4 Å². The molecule has 0 amide bonds. The lowest BCUT2D eigenvalue weighted by atomic mass is 10.2. The zero-order valence-corrected chi connectivity index (χ0v) is 18.4. The number of nitrogens with zero attached hydrogens (tertiary/aromatic N) is 3. The molecule has 0 aliphatic rings. The highest BCUT2D eigenvalue weighted by Gasteiger charge is 2.31. The van der Waals surface area contributed by atoms with Crippen LogP contribution in [-0.4, -0.2) is 29.2 Å². The summed E-state index contributed by atoms with van der Waals surface area (Å²) in [5, 5.41) is 0. The summed E-state index contributed by atoms with van der Waals surface area (Å²) < 4.78 is 47.8. The minimum atomic E-state index is -4.44. The number of alkyl halides is 3. The number of aromatic nitrogens is 3. The van der Waals surface area contributed by atoms with E-state index in [1.165, 1.54) is 0 Å². The molecular formula is C19H21BrF3N3OSi. The molecule has 28 heavy (non-hydrogen) atoms. The Hall–Kier alpha value is -1.71. The molecule has 3 rings (SSSR count). The van der Waals surface area contributed by atoms with E-state index in [4.69, 9.17) is 4.74 Å². The van der Waals surface area contributed by atoms with Gasteiger partial charge in [-0.2, -0.15) is 13.2 Å². The molecule has 0 saturated heterocycles. The van der Waals surface area contributed by atoms with Crippen LogP contribution in [0.25, 0.3) is 22.6 Å². The highest BCUT2D eigenvalue weighted by Crippen LogP contribution is 2.32. The Balaban J connectivity index is 2.00. The lowest BCUT2D eigenvalue weighted by Gasteiger charge is -2.16. The van der Waals surface area contributed by atoms with Crippen molar-refractivity contribution in [1.29, 1.82) is 0 Å². The first-order valence-electron chi connectivity index (χ1n) is 8.82. The lowest BCUT2D eigenvalue weighted by Crippen LogP contribution is -2.22. The number of ether oxygens (including phenoxy) is 1. The molecule has 9 heteroatoms. The molecule has 0 fully saturated rings. The molecule has 0 unspecified atom stereocenters. The first-order chi connectivity index (χ1) is 13.0. The molecule has 0 aliphatic heterocycles. The molecule has 150 valence electrons. The van der Waals surface area contributed by atoms with Gasteiger partial charge in [-0.15, -0.1) is 0 Å². The van der Waals surface area contributed by atoms with E-state index in [-0.39, 0.29) is 12.4 Å². The van der Waals surface area contributed by atoms with Crippen molar-refractivity contribution in [3.63, 3.8) is 0 Å². The van der Waals surface area contributed by atoms with Crippen molar-refractivity contribution < 1.29 is 17.9 Å². The van der Waals surface area contributed by atoms with Crippen LogP contribution in [0.4, 0.5) is 13.2 Å². The maximum absolute atomic E-state index is 13.1. The average molecular weight is 472 g/mol. The van der Waals surface area contributed by atoms with Gasteiger partial charge in [0, 0.05) is 25.4 Å². The second-order valence-electron chi connectivity index (χ2n) is 7.77. The van der Waals surface area contributed by atoms with Gasteiger partial charge in [0.15, 0.2) is 5.82 Å². The van der Waals surface area contributed by atoms with Gasteiger partial charge in [0.25, 0.3) is 0 Å². The highest BCUT2D eigenvalue weighted by atomic mass is 79.9. The molecule has 0 aliphatic carbocycles. The zero-order chi connectivity index (χ0) is 20.5. The molecule has 0 radical (unpaired) electrons. The summed E-state index contributed by atoms with van der Waals surface area (Å²) >= 11 is 3.44. The fourth-order valence-corrected chi connectivity index (χ4v) is 3.79. The Morgan fingerprint density at radius 3 is 2.57 bits per heavy atom.